The summed E-state index contributed by atoms with van der Waals surface area (Å²) in [4.78, 5) is 16.1. The highest BCUT2D eigenvalue weighted by molar-refractivity contribution is 7.98. The van der Waals surface area contributed by atoms with E-state index >= 15 is 0 Å². The molecule has 0 spiro atoms. The Labute approximate surface area is 113 Å². The van der Waals surface area contributed by atoms with E-state index in [-0.39, 0.29) is 11.6 Å². The average molecular weight is 269 g/mol. The Morgan fingerprint density at radius 3 is 2.83 bits per heavy atom. The molecule has 1 rings (SSSR count). The topological polar surface area (TPSA) is 46.9 Å². The van der Waals surface area contributed by atoms with Gasteiger partial charge in [0.05, 0.1) is 0 Å². The first-order chi connectivity index (χ1) is 8.66. The molecule has 1 aromatic rings. The van der Waals surface area contributed by atoms with Crippen molar-refractivity contribution >= 4 is 17.6 Å². The standard InChI is InChI=1S/C13H23N3OS/c1-11(2)16-9-8-15-12(13(16)17)14-7-5-4-6-10-18-3/h8-9,11H,4-7,10H2,1-3H3,(H,14,15). The third-order valence-electron chi connectivity index (χ3n) is 2.74. The molecule has 1 aromatic heterocycles. The second kappa shape index (κ2) is 8.19. The summed E-state index contributed by atoms with van der Waals surface area (Å²) in [6.07, 6.45) is 9.05. The molecule has 0 saturated carbocycles. The van der Waals surface area contributed by atoms with Crippen LogP contribution in [0, 0.1) is 0 Å². The molecule has 0 aromatic carbocycles. The van der Waals surface area contributed by atoms with Crippen molar-refractivity contribution < 1.29 is 0 Å². The first-order valence-corrected chi connectivity index (χ1v) is 7.86. The van der Waals surface area contributed by atoms with E-state index in [0.717, 1.165) is 13.0 Å². The van der Waals surface area contributed by atoms with Crippen LogP contribution >= 0.6 is 11.8 Å². The molecule has 1 N–H and O–H groups in total. The van der Waals surface area contributed by atoms with E-state index in [4.69, 9.17) is 0 Å². The van der Waals surface area contributed by atoms with Crippen LogP contribution in [0.25, 0.3) is 0 Å². The summed E-state index contributed by atoms with van der Waals surface area (Å²) in [7, 11) is 0. The van der Waals surface area contributed by atoms with Gasteiger partial charge in [0, 0.05) is 25.0 Å². The number of unbranched alkanes of at least 4 members (excludes halogenated alkanes) is 2. The predicted octanol–water partition coefficient (Wildman–Crippen LogP) is 2.77. The molecule has 0 bridgehead atoms. The molecule has 4 nitrogen and oxygen atoms in total. The molecule has 0 radical (unpaired) electrons. The first kappa shape index (κ1) is 15.1. The average Bonchev–Trinajstić information content (AvgIpc) is 2.35. The number of anilines is 1. The van der Waals surface area contributed by atoms with Crippen LogP contribution in [0.5, 0.6) is 0 Å². The highest BCUT2D eigenvalue weighted by Gasteiger charge is 2.05. The number of aromatic nitrogens is 2. The minimum absolute atomic E-state index is 0.0309. The van der Waals surface area contributed by atoms with Gasteiger partial charge in [-0.25, -0.2) is 4.98 Å². The van der Waals surface area contributed by atoms with Gasteiger partial charge in [0.2, 0.25) is 0 Å². The SMILES string of the molecule is CSCCCCCNc1nccn(C(C)C)c1=O. The molecule has 0 aliphatic rings. The smallest absolute Gasteiger partial charge is 0.293 e. The zero-order valence-electron chi connectivity index (χ0n) is 11.5. The van der Waals surface area contributed by atoms with Gasteiger partial charge in [0.25, 0.3) is 5.56 Å². The molecule has 0 aliphatic heterocycles. The van der Waals surface area contributed by atoms with Gasteiger partial charge in [-0.05, 0) is 38.7 Å². The minimum atomic E-state index is -0.0309. The van der Waals surface area contributed by atoms with Crippen molar-refractivity contribution in [2.24, 2.45) is 0 Å². The highest BCUT2D eigenvalue weighted by atomic mass is 32.2. The minimum Gasteiger partial charge on any atom is -0.365 e. The second-order valence-corrected chi connectivity index (χ2v) is 5.55. The number of thioether (sulfide) groups is 1. The Morgan fingerprint density at radius 1 is 1.39 bits per heavy atom. The lowest BCUT2D eigenvalue weighted by molar-refractivity contribution is 0.575. The first-order valence-electron chi connectivity index (χ1n) is 6.46. The summed E-state index contributed by atoms with van der Waals surface area (Å²) in [6, 6.07) is 0.169. The summed E-state index contributed by atoms with van der Waals surface area (Å²) in [6.45, 7) is 4.81. The second-order valence-electron chi connectivity index (χ2n) is 4.56. The molecule has 0 atom stereocenters. The Morgan fingerprint density at radius 2 is 2.17 bits per heavy atom. The van der Waals surface area contributed by atoms with E-state index in [1.54, 1.807) is 17.0 Å². The fourth-order valence-corrected chi connectivity index (χ4v) is 2.20. The molecule has 18 heavy (non-hydrogen) atoms. The van der Waals surface area contributed by atoms with Crippen LogP contribution in [0.4, 0.5) is 5.82 Å². The molecular formula is C13H23N3OS. The third kappa shape index (κ3) is 4.72. The van der Waals surface area contributed by atoms with Crippen LogP contribution < -0.4 is 10.9 Å². The summed E-state index contributed by atoms with van der Waals surface area (Å²) in [5, 5.41) is 3.13. The van der Waals surface area contributed by atoms with Crippen LogP contribution in [-0.2, 0) is 0 Å². The van der Waals surface area contributed by atoms with Crippen molar-refractivity contribution in [3.8, 4) is 0 Å². The lowest BCUT2D eigenvalue weighted by Gasteiger charge is -2.11. The van der Waals surface area contributed by atoms with Gasteiger partial charge in [-0.2, -0.15) is 11.8 Å². The van der Waals surface area contributed by atoms with Gasteiger partial charge in [0.1, 0.15) is 0 Å². The third-order valence-corrected chi connectivity index (χ3v) is 3.44. The van der Waals surface area contributed by atoms with Crippen molar-refractivity contribution in [2.45, 2.75) is 39.2 Å². The summed E-state index contributed by atoms with van der Waals surface area (Å²) in [5.74, 6) is 1.68. The largest absolute Gasteiger partial charge is 0.365 e. The van der Waals surface area contributed by atoms with Gasteiger partial charge in [0.15, 0.2) is 5.82 Å². The normalized spacial score (nSPS) is 10.9. The van der Waals surface area contributed by atoms with Crippen molar-refractivity contribution in [1.82, 2.24) is 9.55 Å². The Kier molecular flexibility index (Phi) is 6.86. The van der Waals surface area contributed by atoms with Crippen molar-refractivity contribution in [3.63, 3.8) is 0 Å². The zero-order valence-corrected chi connectivity index (χ0v) is 12.3. The summed E-state index contributed by atoms with van der Waals surface area (Å²) < 4.78 is 1.70. The number of nitrogens with one attached hydrogen (secondary N) is 1. The molecule has 102 valence electrons. The molecule has 0 amide bonds. The zero-order chi connectivity index (χ0) is 13.4. The quantitative estimate of drug-likeness (QED) is 0.737. The van der Waals surface area contributed by atoms with Gasteiger partial charge in [-0.1, -0.05) is 6.42 Å². The number of rotatable bonds is 8. The maximum atomic E-state index is 12.0. The van der Waals surface area contributed by atoms with Crippen LogP contribution in [0.1, 0.15) is 39.2 Å². The Bertz CT molecular complexity index is 403. The number of hydrogen-bond acceptors (Lipinski definition) is 4. The fraction of sp³-hybridized carbons (Fsp3) is 0.692. The molecule has 1 heterocycles. The maximum absolute atomic E-state index is 12.0. The van der Waals surface area contributed by atoms with Crippen LogP contribution in [0.3, 0.4) is 0 Å². The van der Waals surface area contributed by atoms with Gasteiger partial charge >= 0.3 is 0 Å². The molecule has 0 aliphatic carbocycles. The van der Waals surface area contributed by atoms with Gasteiger partial charge in [-0.15, -0.1) is 0 Å². The van der Waals surface area contributed by atoms with E-state index in [0.29, 0.717) is 5.82 Å². The van der Waals surface area contributed by atoms with Gasteiger partial charge < -0.3 is 9.88 Å². The number of nitrogens with zero attached hydrogens (tertiary/aromatic N) is 2. The van der Waals surface area contributed by atoms with Crippen molar-refractivity contribution in [1.29, 1.82) is 0 Å². The van der Waals surface area contributed by atoms with E-state index in [1.807, 2.05) is 25.6 Å². The molecule has 0 saturated heterocycles. The maximum Gasteiger partial charge on any atom is 0.293 e. The highest BCUT2D eigenvalue weighted by Crippen LogP contribution is 2.04. The van der Waals surface area contributed by atoms with Crippen molar-refractivity contribution in [3.05, 3.63) is 22.7 Å². The molecule has 0 unspecified atom stereocenters. The fourth-order valence-electron chi connectivity index (χ4n) is 1.71. The van der Waals surface area contributed by atoms with E-state index in [9.17, 15) is 4.79 Å². The Hall–Kier alpha value is -0.970. The molecule has 0 fully saturated rings. The van der Waals surface area contributed by atoms with Gasteiger partial charge in [-0.3, -0.25) is 4.79 Å². The Balaban J connectivity index is 2.43. The lowest BCUT2D eigenvalue weighted by atomic mass is 10.2. The molecule has 5 heteroatoms. The van der Waals surface area contributed by atoms with E-state index < -0.39 is 0 Å². The monoisotopic (exact) mass is 269 g/mol. The summed E-state index contributed by atoms with van der Waals surface area (Å²) >= 11 is 1.88. The predicted molar refractivity (Wildman–Crippen MR) is 79.6 cm³/mol. The van der Waals surface area contributed by atoms with Crippen LogP contribution in [-0.4, -0.2) is 28.1 Å². The van der Waals surface area contributed by atoms with Crippen LogP contribution in [0.2, 0.25) is 0 Å². The van der Waals surface area contributed by atoms with Crippen LogP contribution in [0.15, 0.2) is 17.2 Å². The molecular weight excluding hydrogens is 246 g/mol. The summed E-state index contributed by atoms with van der Waals surface area (Å²) in [5.41, 5.74) is -0.0309. The van der Waals surface area contributed by atoms with E-state index in [1.165, 1.54) is 18.6 Å². The van der Waals surface area contributed by atoms with Crippen molar-refractivity contribution in [2.75, 3.05) is 23.9 Å². The van der Waals surface area contributed by atoms with E-state index in [2.05, 4.69) is 16.6 Å². The number of hydrogen-bond donors (Lipinski definition) is 1. The lowest BCUT2D eigenvalue weighted by Crippen LogP contribution is -2.25.